The molecule has 1 aromatic carbocycles. The molecule has 17 heavy (non-hydrogen) atoms. The average molecular weight is 275 g/mol. The summed E-state index contributed by atoms with van der Waals surface area (Å²) in [6, 6.07) is 4.42. The van der Waals surface area contributed by atoms with E-state index in [0.29, 0.717) is 10.8 Å². The molecule has 0 heterocycles. The molecule has 0 spiro atoms. The summed E-state index contributed by atoms with van der Waals surface area (Å²) < 4.78 is 12.9. The molecule has 0 aliphatic heterocycles. The Balaban J connectivity index is 2.37. The fourth-order valence-electron chi connectivity index (χ4n) is 1.33. The van der Waals surface area contributed by atoms with Crippen LogP contribution in [0.3, 0.4) is 0 Å². The van der Waals surface area contributed by atoms with Crippen molar-refractivity contribution < 1.29 is 4.39 Å². The first-order valence-electron chi connectivity index (χ1n) is 5.63. The third-order valence-electron chi connectivity index (χ3n) is 2.24. The fraction of sp³-hybridized carbons (Fsp3) is 0.417. The molecule has 0 amide bonds. The fourth-order valence-corrected chi connectivity index (χ4v) is 1.73. The topological polar surface area (TPSA) is 24.1 Å². The second-order valence-corrected chi connectivity index (χ2v) is 4.53. The van der Waals surface area contributed by atoms with Gasteiger partial charge in [0.15, 0.2) is 5.11 Å². The Bertz CT molecular complexity index is 385. The molecular weight excluding hydrogens is 259 g/mol. The summed E-state index contributed by atoms with van der Waals surface area (Å²) >= 11 is 10.8. The lowest BCUT2D eigenvalue weighted by Gasteiger charge is -2.10. The van der Waals surface area contributed by atoms with E-state index in [0.717, 1.165) is 13.0 Å². The number of thiocarbonyl (C=S) groups is 1. The zero-order chi connectivity index (χ0) is 12.7. The highest BCUT2D eigenvalue weighted by molar-refractivity contribution is 7.80. The lowest BCUT2D eigenvalue weighted by Crippen LogP contribution is -2.29. The predicted octanol–water partition coefficient (Wildman–Crippen LogP) is 3.96. The predicted molar refractivity (Wildman–Crippen MR) is 75.2 cm³/mol. The van der Waals surface area contributed by atoms with Crippen molar-refractivity contribution in [3.8, 4) is 0 Å². The summed E-state index contributed by atoms with van der Waals surface area (Å²) in [5, 5.41) is 6.66. The summed E-state index contributed by atoms with van der Waals surface area (Å²) in [6.45, 7) is 2.99. The quantitative estimate of drug-likeness (QED) is 0.628. The van der Waals surface area contributed by atoms with Crippen molar-refractivity contribution in [2.24, 2.45) is 0 Å². The maximum absolute atomic E-state index is 12.9. The number of rotatable bonds is 5. The van der Waals surface area contributed by atoms with E-state index in [9.17, 15) is 4.39 Å². The van der Waals surface area contributed by atoms with Crippen molar-refractivity contribution in [1.29, 1.82) is 0 Å². The van der Waals surface area contributed by atoms with Gasteiger partial charge >= 0.3 is 0 Å². The van der Waals surface area contributed by atoms with E-state index in [1.807, 2.05) is 0 Å². The largest absolute Gasteiger partial charge is 0.362 e. The smallest absolute Gasteiger partial charge is 0.170 e. The Kier molecular flexibility index (Phi) is 6.22. The normalized spacial score (nSPS) is 10.1. The van der Waals surface area contributed by atoms with Crippen molar-refractivity contribution in [2.45, 2.75) is 26.2 Å². The first kappa shape index (κ1) is 14.2. The molecule has 0 fully saturated rings. The van der Waals surface area contributed by atoms with Crippen molar-refractivity contribution in [2.75, 3.05) is 11.9 Å². The van der Waals surface area contributed by atoms with E-state index in [1.54, 1.807) is 6.07 Å². The van der Waals surface area contributed by atoms with Crippen LogP contribution < -0.4 is 10.6 Å². The molecule has 0 aliphatic carbocycles. The van der Waals surface area contributed by atoms with Crippen molar-refractivity contribution >= 4 is 34.6 Å². The molecule has 1 rings (SSSR count). The van der Waals surface area contributed by atoms with E-state index in [2.05, 4.69) is 17.6 Å². The van der Waals surface area contributed by atoms with Gasteiger partial charge < -0.3 is 10.6 Å². The Morgan fingerprint density at radius 2 is 2.18 bits per heavy atom. The molecule has 0 bridgehead atoms. The zero-order valence-corrected chi connectivity index (χ0v) is 11.3. The third kappa shape index (κ3) is 5.33. The minimum atomic E-state index is -0.431. The summed E-state index contributed by atoms with van der Waals surface area (Å²) in [6.07, 6.45) is 3.44. The number of halogens is 2. The molecule has 0 radical (unpaired) electrons. The number of hydrogen-bond acceptors (Lipinski definition) is 1. The second-order valence-electron chi connectivity index (χ2n) is 3.72. The van der Waals surface area contributed by atoms with Gasteiger partial charge in [-0.05, 0) is 36.8 Å². The van der Waals surface area contributed by atoms with Gasteiger partial charge in [-0.1, -0.05) is 31.4 Å². The van der Waals surface area contributed by atoms with Crippen LogP contribution in [0.2, 0.25) is 5.02 Å². The minimum Gasteiger partial charge on any atom is -0.362 e. The Morgan fingerprint density at radius 1 is 1.41 bits per heavy atom. The van der Waals surface area contributed by atoms with E-state index in [4.69, 9.17) is 23.8 Å². The van der Waals surface area contributed by atoms with E-state index in [1.165, 1.54) is 25.0 Å². The molecule has 0 saturated carbocycles. The molecule has 5 heteroatoms. The maximum Gasteiger partial charge on any atom is 0.170 e. The maximum atomic E-state index is 12.9. The molecule has 1 aromatic rings. The van der Waals surface area contributed by atoms with E-state index in [-0.39, 0.29) is 5.02 Å². The molecule has 2 N–H and O–H groups in total. The van der Waals surface area contributed by atoms with Gasteiger partial charge in [0.1, 0.15) is 5.82 Å². The highest BCUT2D eigenvalue weighted by Gasteiger charge is 2.02. The third-order valence-corrected chi connectivity index (χ3v) is 2.78. The monoisotopic (exact) mass is 274 g/mol. The van der Waals surface area contributed by atoms with Crippen molar-refractivity contribution in [3.05, 3.63) is 29.0 Å². The molecule has 0 atom stereocenters. The van der Waals surface area contributed by atoms with Gasteiger partial charge in [0.05, 0.1) is 5.02 Å². The van der Waals surface area contributed by atoms with E-state index < -0.39 is 5.82 Å². The van der Waals surface area contributed by atoms with Gasteiger partial charge in [0, 0.05) is 12.2 Å². The summed E-state index contributed by atoms with van der Waals surface area (Å²) in [5.74, 6) is -0.431. The number of nitrogens with one attached hydrogen (secondary N) is 2. The molecule has 0 aromatic heterocycles. The number of anilines is 1. The molecule has 2 nitrogen and oxygen atoms in total. The number of hydrogen-bond donors (Lipinski definition) is 2. The van der Waals surface area contributed by atoms with Gasteiger partial charge in [0.25, 0.3) is 0 Å². The van der Waals surface area contributed by atoms with Gasteiger partial charge in [-0.25, -0.2) is 4.39 Å². The minimum absolute atomic E-state index is 0.0868. The lowest BCUT2D eigenvalue weighted by molar-refractivity contribution is 0.628. The van der Waals surface area contributed by atoms with Crippen molar-refractivity contribution in [1.82, 2.24) is 5.32 Å². The van der Waals surface area contributed by atoms with Gasteiger partial charge in [0.2, 0.25) is 0 Å². The molecule has 0 saturated heterocycles. The standard InChI is InChI=1S/C12H16ClFN2S/c1-2-3-4-7-15-12(17)16-9-5-6-11(14)10(13)8-9/h5-6,8H,2-4,7H2,1H3,(H2,15,16,17). The highest BCUT2D eigenvalue weighted by atomic mass is 35.5. The van der Waals surface area contributed by atoms with E-state index >= 15 is 0 Å². The molecule has 0 aliphatic rings. The van der Waals surface area contributed by atoms with Gasteiger partial charge in [-0.3, -0.25) is 0 Å². The SMILES string of the molecule is CCCCCNC(=S)Nc1ccc(F)c(Cl)c1. The van der Waals surface area contributed by atoms with Crippen LogP contribution in [0, 0.1) is 5.82 Å². The van der Waals surface area contributed by atoms with Crippen LogP contribution in [-0.4, -0.2) is 11.7 Å². The summed E-state index contributed by atoms with van der Waals surface area (Å²) in [5.41, 5.74) is 0.685. The first-order valence-corrected chi connectivity index (χ1v) is 6.42. The van der Waals surface area contributed by atoms with Crippen LogP contribution in [0.1, 0.15) is 26.2 Å². The van der Waals surface area contributed by atoms with Crippen LogP contribution in [0.25, 0.3) is 0 Å². The second kappa shape index (κ2) is 7.45. The van der Waals surface area contributed by atoms with Gasteiger partial charge in [-0.2, -0.15) is 0 Å². The molecule has 94 valence electrons. The Morgan fingerprint density at radius 3 is 2.82 bits per heavy atom. The summed E-state index contributed by atoms with van der Waals surface area (Å²) in [4.78, 5) is 0. The first-order chi connectivity index (χ1) is 8.13. The van der Waals surface area contributed by atoms with Crippen molar-refractivity contribution in [3.63, 3.8) is 0 Å². The Hall–Kier alpha value is -0.870. The highest BCUT2D eigenvalue weighted by Crippen LogP contribution is 2.19. The zero-order valence-electron chi connectivity index (χ0n) is 9.72. The van der Waals surface area contributed by atoms with Gasteiger partial charge in [-0.15, -0.1) is 0 Å². The average Bonchev–Trinajstić information content (AvgIpc) is 2.30. The lowest BCUT2D eigenvalue weighted by atomic mass is 10.2. The summed E-state index contributed by atoms with van der Waals surface area (Å²) in [7, 11) is 0. The number of unbranched alkanes of at least 4 members (excludes halogenated alkanes) is 2. The van der Waals surface area contributed by atoms with Crippen LogP contribution in [0.5, 0.6) is 0 Å². The van der Waals surface area contributed by atoms with Crippen LogP contribution in [0.15, 0.2) is 18.2 Å². The molecule has 0 unspecified atom stereocenters. The number of benzene rings is 1. The van der Waals surface area contributed by atoms with Crippen LogP contribution >= 0.6 is 23.8 Å². The van der Waals surface area contributed by atoms with Crippen LogP contribution in [0.4, 0.5) is 10.1 Å². The van der Waals surface area contributed by atoms with Crippen LogP contribution in [-0.2, 0) is 0 Å². The Labute approximate surface area is 112 Å². The molecular formula is C12H16ClFN2S.